The first-order valence-electron chi connectivity index (χ1n) is 12.7. The highest BCUT2D eigenvalue weighted by Gasteiger charge is 2.43. The van der Waals surface area contributed by atoms with Crippen molar-refractivity contribution in [1.82, 2.24) is 19.8 Å². The topological polar surface area (TPSA) is 125 Å². The van der Waals surface area contributed by atoms with Crippen LogP contribution in [0.1, 0.15) is 43.2 Å². The number of ether oxygens (including phenoxy) is 2. The van der Waals surface area contributed by atoms with Crippen molar-refractivity contribution in [2.75, 3.05) is 46.0 Å². The molecule has 10 nitrogen and oxygen atoms in total. The highest BCUT2D eigenvalue weighted by molar-refractivity contribution is 5.90. The van der Waals surface area contributed by atoms with E-state index in [0.717, 1.165) is 25.0 Å². The van der Waals surface area contributed by atoms with Crippen molar-refractivity contribution in [3.63, 3.8) is 0 Å². The lowest BCUT2D eigenvalue weighted by Crippen LogP contribution is -2.41. The Kier molecular flexibility index (Phi) is 8.72. The average molecular weight is 535 g/mol. The fraction of sp³-hybridized carbons (Fsp3) is 0.538. The zero-order valence-electron chi connectivity index (χ0n) is 21.2. The molecule has 1 aromatic heterocycles. The molecule has 0 bridgehead atoms. The Morgan fingerprint density at radius 2 is 1.63 bits per heavy atom. The fourth-order valence-electron chi connectivity index (χ4n) is 4.19. The van der Waals surface area contributed by atoms with Gasteiger partial charge in [-0.05, 0) is 56.2 Å². The van der Waals surface area contributed by atoms with E-state index in [9.17, 15) is 18.4 Å². The van der Waals surface area contributed by atoms with E-state index in [1.807, 2.05) is 6.92 Å². The summed E-state index contributed by atoms with van der Waals surface area (Å²) in [7, 11) is 0. The smallest absolute Gasteiger partial charge is 0.410 e. The van der Waals surface area contributed by atoms with E-state index in [4.69, 9.17) is 19.7 Å². The lowest BCUT2D eigenvalue weighted by atomic mass is 9.98. The number of hydrogen-bond acceptors (Lipinski definition) is 8. The minimum absolute atomic E-state index is 0.00747. The van der Waals surface area contributed by atoms with Gasteiger partial charge in [0.15, 0.2) is 17.4 Å². The van der Waals surface area contributed by atoms with Crippen molar-refractivity contribution in [1.29, 1.82) is 0 Å². The Bertz CT molecular complexity index is 1110. The van der Waals surface area contributed by atoms with E-state index in [2.05, 4.69) is 9.97 Å². The molecule has 0 unspecified atom stereocenters. The third kappa shape index (κ3) is 6.73. The van der Waals surface area contributed by atoms with E-state index < -0.39 is 23.3 Å². The first kappa shape index (κ1) is 27.6. The Morgan fingerprint density at radius 1 is 1.05 bits per heavy atom. The van der Waals surface area contributed by atoms with E-state index in [-0.39, 0.29) is 61.9 Å². The van der Waals surface area contributed by atoms with Gasteiger partial charge in [0.1, 0.15) is 5.60 Å². The summed E-state index contributed by atoms with van der Waals surface area (Å²) < 4.78 is 40.6. The molecule has 38 heavy (non-hydrogen) atoms. The molecule has 12 heteroatoms. The van der Waals surface area contributed by atoms with Crippen LogP contribution in [0.3, 0.4) is 0 Å². The first-order valence-corrected chi connectivity index (χ1v) is 12.7. The maximum absolute atomic E-state index is 14.8. The van der Waals surface area contributed by atoms with Crippen LogP contribution in [0.4, 0.5) is 13.6 Å². The molecule has 2 aromatic rings. The highest BCUT2D eigenvalue weighted by Crippen LogP contribution is 2.39. The molecular weight excluding hydrogens is 502 g/mol. The molecule has 2 heterocycles. The Balaban J connectivity index is 1.33. The van der Waals surface area contributed by atoms with Gasteiger partial charge in [0.2, 0.25) is 5.82 Å². The summed E-state index contributed by atoms with van der Waals surface area (Å²) in [6.45, 7) is 2.48. The van der Waals surface area contributed by atoms with E-state index >= 15 is 0 Å². The van der Waals surface area contributed by atoms with E-state index in [1.54, 1.807) is 4.90 Å². The molecular formula is C26H32F2N4O6. The van der Waals surface area contributed by atoms with Crippen LogP contribution in [0.2, 0.25) is 0 Å². The van der Waals surface area contributed by atoms with Crippen molar-refractivity contribution in [2.45, 2.75) is 38.2 Å². The Labute approximate surface area is 219 Å². The van der Waals surface area contributed by atoms with Gasteiger partial charge >= 0.3 is 6.09 Å². The van der Waals surface area contributed by atoms with Gasteiger partial charge in [-0.25, -0.2) is 23.5 Å². The van der Waals surface area contributed by atoms with Crippen LogP contribution < -0.4 is 4.74 Å². The van der Waals surface area contributed by atoms with Gasteiger partial charge in [-0.1, -0.05) is 0 Å². The SMILES string of the molecule is CC1(OC(=O)N2CCC(COc3c(F)cc(-c4cnc(C(=O)N(CCO)CCO)nc4)cc3F)CC2)CC1. The number of aliphatic hydroxyl groups excluding tert-OH is 2. The third-order valence-corrected chi connectivity index (χ3v) is 6.83. The van der Waals surface area contributed by atoms with Gasteiger partial charge in [0.25, 0.3) is 5.91 Å². The largest absolute Gasteiger partial charge is 0.487 e. The van der Waals surface area contributed by atoms with Crippen molar-refractivity contribution in [2.24, 2.45) is 5.92 Å². The summed E-state index contributed by atoms with van der Waals surface area (Å²) in [4.78, 5) is 35.5. The normalized spacial score (nSPS) is 16.7. The average Bonchev–Trinajstić information content (AvgIpc) is 3.64. The molecule has 0 spiro atoms. The number of amides is 2. The Morgan fingerprint density at radius 3 is 2.16 bits per heavy atom. The second kappa shape index (κ2) is 12.0. The van der Waals surface area contributed by atoms with Crippen molar-refractivity contribution >= 4 is 12.0 Å². The summed E-state index contributed by atoms with van der Waals surface area (Å²) in [6, 6.07) is 2.22. The minimum atomic E-state index is -0.879. The molecule has 1 saturated carbocycles. The fourth-order valence-corrected chi connectivity index (χ4v) is 4.19. The van der Waals surface area contributed by atoms with E-state index in [0.29, 0.717) is 31.5 Å². The molecule has 4 rings (SSSR count). The van der Waals surface area contributed by atoms with Gasteiger partial charge in [-0.3, -0.25) is 4.79 Å². The molecule has 0 atom stereocenters. The molecule has 2 aliphatic rings. The lowest BCUT2D eigenvalue weighted by Gasteiger charge is -2.32. The molecule has 2 amide bonds. The second-order valence-corrected chi connectivity index (χ2v) is 9.86. The van der Waals surface area contributed by atoms with Gasteiger partial charge in [0.05, 0.1) is 19.8 Å². The molecule has 1 aliphatic carbocycles. The van der Waals surface area contributed by atoms with Gasteiger partial charge in [0, 0.05) is 44.1 Å². The number of aromatic nitrogens is 2. The van der Waals surface area contributed by atoms with Crippen LogP contribution in [0.5, 0.6) is 5.75 Å². The number of carbonyl (C=O) groups excluding carboxylic acids is 2. The van der Waals surface area contributed by atoms with Crippen LogP contribution in [-0.4, -0.2) is 93.6 Å². The number of rotatable bonds is 10. The molecule has 2 fully saturated rings. The number of piperidine rings is 1. The van der Waals surface area contributed by atoms with Crippen molar-refractivity contribution < 1.29 is 38.1 Å². The lowest BCUT2D eigenvalue weighted by molar-refractivity contribution is 0.0453. The zero-order chi connectivity index (χ0) is 27.3. The van der Waals surface area contributed by atoms with Gasteiger partial charge in [-0.15, -0.1) is 0 Å². The quantitative estimate of drug-likeness (QED) is 0.477. The standard InChI is InChI=1S/C26H32F2N4O6/c1-26(4-5-26)38-25(36)32-6-2-17(3-7-32)16-37-22-20(27)12-18(13-21(22)28)19-14-29-23(30-15-19)24(35)31(8-10-33)9-11-34/h12-15,17,33-34H,2-11,16H2,1H3. The number of halogens is 2. The Hall–Kier alpha value is -3.38. The van der Waals surface area contributed by atoms with Crippen LogP contribution in [0.15, 0.2) is 24.5 Å². The van der Waals surface area contributed by atoms with Crippen LogP contribution in [-0.2, 0) is 4.74 Å². The maximum atomic E-state index is 14.8. The monoisotopic (exact) mass is 534 g/mol. The van der Waals surface area contributed by atoms with Gasteiger partial charge < -0.3 is 29.5 Å². The number of carbonyl (C=O) groups is 2. The zero-order valence-corrected chi connectivity index (χ0v) is 21.2. The summed E-state index contributed by atoms with van der Waals surface area (Å²) in [5.74, 6) is -2.94. The molecule has 206 valence electrons. The highest BCUT2D eigenvalue weighted by atomic mass is 19.1. The molecule has 1 aliphatic heterocycles. The summed E-state index contributed by atoms with van der Waals surface area (Å²) in [6.07, 6.45) is 5.28. The second-order valence-electron chi connectivity index (χ2n) is 9.86. The van der Waals surface area contributed by atoms with Crippen molar-refractivity contribution in [3.8, 4) is 16.9 Å². The number of nitrogens with zero attached hydrogens (tertiary/aromatic N) is 4. The molecule has 0 radical (unpaired) electrons. The maximum Gasteiger partial charge on any atom is 0.410 e. The number of hydrogen-bond donors (Lipinski definition) is 2. The van der Waals surface area contributed by atoms with Gasteiger partial charge in [-0.2, -0.15) is 0 Å². The van der Waals surface area contributed by atoms with Crippen LogP contribution in [0, 0.1) is 17.6 Å². The van der Waals surface area contributed by atoms with E-state index in [1.165, 1.54) is 17.3 Å². The summed E-state index contributed by atoms with van der Waals surface area (Å²) in [5, 5.41) is 18.2. The molecule has 1 saturated heterocycles. The molecule has 2 N–H and O–H groups in total. The predicted octanol–water partition coefficient (Wildman–Crippen LogP) is 2.63. The number of benzene rings is 1. The van der Waals surface area contributed by atoms with Crippen molar-refractivity contribution in [3.05, 3.63) is 42.0 Å². The third-order valence-electron chi connectivity index (χ3n) is 6.83. The number of likely N-dealkylation sites (tertiary alicyclic amines) is 1. The first-order chi connectivity index (χ1) is 18.2. The molecule has 1 aromatic carbocycles. The summed E-state index contributed by atoms with van der Waals surface area (Å²) >= 11 is 0. The minimum Gasteiger partial charge on any atom is -0.487 e. The van der Waals surface area contributed by atoms with Crippen LogP contribution in [0.25, 0.3) is 11.1 Å². The number of aliphatic hydroxyl groups is 2. The summed E-state index contributed by atoms with van der Waals surface area (Å²) in [5.41, 5.74) is 0.136. The predicted molar refractivity (Wildman–Crippen MR) is 131 cm³/mol. The van der Waals surface area contributed by atoms with Crippen LogP contribution >= 0.6 is 0 Å².